The van der Waals surface area contributed by atoms with Gasteiger partial charge in [0.25, 0.3) is 0 Å². The molecule has 0 atom stereocenters. The van der Waals surface area contributed by atoms with E-state index in [1.807, 2.05) is 36.4 Å². The van der Waals surface area contributed by atoms with Gasteiger partial charge in [-0.1, -0.05) is 31.2 Å². The van der Waals surface area contributed by atoms with Crippen LogP contribution in [0, 0.1) is 5.92 Å². The molecule has 0 aliphatic carbocycles. The fourth-order valence-electron chi connectivity index (χ4n) is 2.09. The van der Waals surface area contributed by atoms with Crippen molar-refractivity contribution in [3.8, 4) is 5.82 Å². The number of hydrogen-bond acceptors (Lipinski definition) is 5. The van der Waals surface area contributed by atoms with Gasteiger partial charge in [-0.3, -0.25) is 0 Å². The van der Waals surface area contributed by atoms with Crippen molar-refractivity contribution in [3.63, 3.8) is 0 Å². The first-order chi connectivity index (χ1) is 10.2. The Morgan fingerprint density at radius 1 is 1.05 bits per heavy atom. The van der Waals surface area contributed by atoms with Crippen molar-refractivity contribution < 1.29 is 0 Å². The van der Waals surface area contributed by atoms with Crippen LogP contribution in [-0.2, 0) is 6.54 Å². The molecular weight excluding hydrogens is 264 g/mol. The topological polar surface area (TPSA) is 68.5 Å². The molecule has 2 aromatic heterocycles. The molecule has 0 saturated carbocycles. The van der Waals surface area contributed by atoms with Gasteiger partial charge in [0.05, 0.1) is 11.2 Å². The second-order valence-electron chi connectivity index (χ2n) is 5.40. The summed E-state index contributed by atoms with van der Waals surface area (Å²) in [6.07, 6.45) is 0. The van der Waals surface area contributed by atoms with E-state index >= 15 is 0 Å². The lowest BCUT2D eigenvalue weighted by Crippen LogP contribution is -2.20. The van der Waals surface area contributed by atoms with Gasteiger partial charge in [0.15, 0.2) is 5.82 Å². The van der Waals surface area contributed by atoms with Crippen LogP contribution in [0.1, 0.15) is 19.5 Å². The van der Waals surface area contributed by atoms with Crippen molar-refractivity contribution in [1.29, 1.82) is 0 Å². The van der Waals surface area contributed by atoms with Gasteiger partial charge in [0.1, 0.15) is 5.52 Å². The maximum Gasteiger partial charge on any atom is 0.178 e. The molecule has 0 amide bonds. The number of para-hydroxylation sites is 1. The second kappa shape index (κ2) is 5.97. The third kappa shape index (κ3) is 3.05. The third-order valence-corrected chi connectivity index (χ3v) is 3.13. The molecule has 1 aromatic carbocycles. The van der Waals surface area contributed by atoms with E-state index < -0.39 is 0 Å². The minimum Gasteiger partial charge on any atom is -0.311 e. The number of nitrogens with zero attached hydrogens (tertiary/aromatic N) is 5. The first kappa shape index (κ1) is 13.6. The summed E-state index contributed by atoms with van der Waals surface area (Å²) in [6, 6.07) is 11.7. The summed E-state index contributed by atoms with van der Waals surface area (Å²) >= 11 is 0. The van der Waals surface area contributed by atoms with E-state index in [1.165, 1.54) is 0 Å². The predicted octanol–water partition coefficient (Wildman–Crippen LogP) is 1.96. The molecule has 21 heavy (non-hydrogen) atoms. The standard InChI is InChI=1S/C15H18N6/c1-11(2)9-16-10-12-7-8-15(19-17-12)21-14-6-4-3-5-13(14)18-20-21/h3-8,11,16H,9-10H2,1-2H3. The lowest BCUT2D eigenvalue weighted by molar-refractivity contribution is 0.545. The Labute approximate surface area is 123 Å². The highest BCUT2D eigenvalue weighted by Crippen LogP contribution is 2.13. The second-order valence-corrected chi connectivity index (χ2v) is 5.40. The van der Waals surface area contributed by atoms with Crippen molar-refractivity contribution in [2.75, 3.05) is 6.54 Å². The number of benzene rings is 1. The Bertz CT molecular complexity index is 716. The van der Waals surface area contributed by atoms with E-state index in [0.717, 1.165) is 29.8 Å². The molecule has 6 heteroatoms. The molecule has 0 radical (unpaired) electrons. The van der Waals surface area contributed by atoms with E-state index in [-0.39, 0.29) is 0 Å². The summed E-state index contributed by atoms with van der Waals surface area (Å²) in [4.78, 5) is 0. The van der Waals surface area contributed by atoms with Gasteiger partial charge < -0.3 is 5.32 Å². The van der Waals surface area contributed by atoms with Crippen LogP contribution in [0.15, 0.2) is 36.4 Å². The van der Waals surface area contributed by atoms with E-state index in [1.54, 1.807) is 4.68 Å². The number of hydrogen-bond donors (Lipinski definition) is 1. The van der Waals surface area contributed by atoms with Crippen molar-refractivity contribution in [2.45, 2.75) is 20.4 Å². The maximum absolute atomic E-state index is 4.24. The quantitative estimate of drug-likeness (QED) is 0.774. The minimum absolute atomic E-state index is 0.624. The van der Waals surface area contributed by atoms with Crippen LogP contribution in [0.4, 0.5) is 0 Å². The third-order valence-electron chi connectivity index (χ3n) is 3.13. The molecule has 0 aliphatic heterocycles. The van der Waals surface area contributed by atoms with E-state index in [9.17, 15) is 0 Å². The zero-order valence-corrected chi connectivity index (χ0v) is 12.2. The average molecular weight is 282 g/mol. The minimum atomic E-state index is 0.624. The highest BCUT2D eigenvalue weighted by molar-refractivity contribution is 5.75. The highest BCUT2D eigenvalue weighted by Gasteiger charge is 2.07. The molecular formula is C15H18N6. The number of fused-ring (bicyclic) bond motifs is 1. The lowest BCUT2D eigenvalue weighted by Gasteiger charge is -2.06. The molecule has 0 unspecified atom stereocenters. The first-order valence-electron chi connectivity index (χ1n) is 7.08. The van der Waals surface area contributed by atoms with Crippen molar-refractivity contribution in [2.24, 2.45) is 5.92 Å². The summed E-state index contributed by atoms with van der Waals surface area (Å²) in [5.74, 6) is 1.30. The van der Waals surface area contributed by atoms with Gasteiger partial charge >= 0.3 is 0 Å². The summed E-state index contributed by atoms with van der Waals surface area (Å²) in [5, 5.41) is 20.1. The van der Waals surface area contributed by atoms with E-state index in [4.69, 9.17) is 0 Å². The Balaban J connectivity index is 1.78. The smallest absolute Gasteiger partial charge is 0.178 e. The summed E-state index contributed by atoms with van der Waals surface area (Å²) in [6.45, 7) is 6.05. The van der Waals surface area contributed by atoms with Crippen LogP contribution in [-0.4, -0.2) is 31.7 Å². The Morgan fingerprint density at radius 3 is 2.67 bits per heavy atom. The molecule has 0 aliphatic rings. The molecule has 2 heterocycles. The van der Waals surface area contributed by atoms with E-state index in [2.05, 4.69) is 39.7 Å². The summed E-state index contributed by atoms with van der Waals surface area (Å²) < 4.78 is 1.70. The fourth-order valence-corrected chi connectivity index (χ4v) is 2.09. The van der Waals surface area contributed by atoms with Gasteiger partial charge in [0.2, 0.25) is 0 Å². The number of nitrogens with one attached hydrogen (secondary N) is 1. The van der Waals surface area contributed by atoms with Crippen LogP contribution in [0.25, 0.3) is 16.9 Å². The lowest BCUT2D eigenvalue weighted by atomic mass is 10.2. The molecule has 0 bridgehead atoms. The predicted molar refractivity (Wildman–Crippen MR) is 81.0 cm³/mol. The van der Waals surface area contributed by atoms with Crippen LogP contribution >= 0.6 is 0 Å². The molecule has 3 aromatic rings. The van der Waals surface area contributed by atoms with Crippen LogP contribution < -0.4 is 5.32 Å². The molecule has 0 saturated heterocycles. The number of aromatic nitrogens is 5. The van der Waals surface area contributed by atoms with Crippen LogP contribution in [0.5, 0.6) is 0 Å². The summed E-state index contributed by atoms with van der Waals surface area (Å²) in [7, 11) is 0. The van der Waals surface area contributed by atoms with Crippen molar-refractivity contribution >= 4 is 11.0 Å². The van der Waals surface area contributed by atoms with Crippen LogP contribution in [0.2, 0.25) is 0 Å². The van der Waals surface area contributed by atoms with Gasteiger partial charge in [-0.05, 0) is 36.7 Å². The van der Waals surface area contributed by atoms with Crippen LogP contribution in [0.3, 0.4) is 0 Å². The Hall–Kier alpha value is -2.34. The molecule has 108 valence electrons. The zero-order chi connectivity index (χ0) is 14.7. The zero-order valence-electron chi connectivity index (χ0n) is 12.2. The molecule has 6 nitrogen and oxygen atoms in total. The normalized spacial score (nSPS) is 11.4. The molecule has 0 fully saturated rings. The molecule has 1 N–H and O–H groups in total. The van der Waals surface area contributed by atoms with E-state index in [0.29, 0.717) is 11.7 Å². The van der Waals surface area contributed by atoms with Gasteiger partial charge in [-0.15, -0.1) is 10.2 Å². The van der Waals surface area contributed by atoms with Gasteiger partial charge in [-0.2, -0.15) is 9.78 Å². The maximum atomic E-state index is 4.24. The summed E-state index contributed by atoms with van der Waals surface area (Å²) in [5.41, 5.74) is 2.70. The Morgan fingerprint density at radius 2 is 1.90 bits per heavy atom. The first-order valence-corrected chi connectivity index (χ1v) is 7.08. The average Bonchev–Trinajstić information content (AvgIpc) is 2.92. The monoisotopic (exact) mass is 282 g/mol. The Kier molecular flexibility index (Phi) is 3.87. The van der Waals surface area contributed by atoms with Crippen molar-refractivity contribution in [3.05, 3.63) is 42.1 Å². The van der Waals surface area contributed by atoms with Gasteiger partial charge in [-0.25, -0.2) is 0 Å². The fraction of sp³-hybridized carbons (Fsp3) is 0.333. The highest BCUT2D eigenvalue weighted by atomic mass is 15.5. The largest absolute Gasteiger partial charge is 0.311 e. The number of rotatable bonds is 5. The van der Waals surface area contributed by atoms with Crippen molar-refractivity contribution in [1.82, 2.24) is 30.5 Å². The SMILES string of the molecule is CC(C)CNCc1ccc(-n2nnc3ccccc32)nn1. The molecule has 0 spiro atoms. The van der Waals surface area contributed by atoms with Gasteiger partial charge in [0, 0.05) is 6.54 Å². The molecule has 3 rings (SSSR count).